The summed E-state index contributed by atoms with van der Waals surface area (Å²) in [6.07, 6.45) is 0.641. The van der Waals surface area contributed by atoms with Crippen LogP contribution in [0.25, 0.3) is 11.3 Å². The van der Waals surface area contributed by atoms with Crippen LogP contribution < -0.4 is 5.43 Å². The first-order valence-electron chi connectivity index (χ1n) is 8.77. The third-order valence-corrected chi connectivity index (χ3v) is 4.45. The molecule has 0 spiro atoms. The summed E-state index contributed by atoms with van der Waals surface area (Å²) in [5, 5.41) is 20.6. The van der Waals surface area contributed by atoms with Crippen LogP contribution in [-0.2, 0) is 0 Å². The predicted molar refractivity (Wildman–Crippen MR) is 106 cm³/mol. The van der Waals surface area contributed by atoms with Gasteiger partial charge in [-0.25, -0.2) is 5.43 Å². The van der Waals surface area contributed by atoms with Crippen molar-refractivity contribution in [1.29, 1.82) is 0 Å². The molecule has 2 aromatic carbocycles. The van der Waals surface area contributed by atoms with Crippen molar-refractivity contribution in [2.24, 2.45) is 5.10 Å². The monoisotopic (exact) mass is 362 g/mol. The number of carbonyl (C=O) groups is 1. The minimum atomic E-state index is -0.359. The fourth-order valence-corrected chi connectivity index (χ4v) is 2.67. The molecule has 3 aromatic rings. The number of rotatable bonds is 5. The van der Waals surface area contributed by atoms with Crippen LogP contribution in [0.1, 0.15) is 40.5 Å². The minimum absolute atomic E-state index is 0.189. The Bertz CT molecular complexity index is 988. The number of carbonyl (C=O) groups excluding carboxylic acids is 1. The zero-order chi connectivity index (χ0) is 19.4. The molecule has 0 aliphatic carbocycles. The number of hydrazone groups is 1. The molecule has 0 bridgehead atoms. The van der Waals surface area contributed by atoms with Crippen molar-refractivity contribution in [3.05, 3.63) is 70.9 Å². The standard InChI is InChI=1S/C21H22N4O2/c1-4-18(15-7-9-17(26)10-8-15)22-25-21(27)20-12-19(23-24-20)16-6-5-13(2)14(3)11-16/h5-12,26H,4H2,1-3H3,(H,23,24)(H,25,27). The molecule has 0 atom stereocenters. The Hall–Kier alpha value is -3.41. The van der Waals surface area contributed by atoms with Crippen molar-refractivity contribution < 1.29 is 9.90 Å². The maximum Gasteiger partial charge on any atom is 0.289 e. The molecule has 3 rings (SSSR count). The molecule has 3 N–H and O–H groups in total. The Morgan fingerprint density at radius 3 is 2.52 bits per heavy atom. The number of aromatic hydroxyl groups is 1. The molecule has 0 aliphatic rings. The largest absolute Gasteiger partial charge is 0.508 e. The second kappa shape index (κ2) is 7.86. The third kappa shape index (κ3) is 4.23. The summed E-state index contributed by atoms with van der Waals surface area (Å²) < 4.78 is 0. The second-order valence-electron chi connectivity index (χ2n) is 6.37. The summed E-state index contributed by atoms with van der Waals surface area (Å²) in [4.78, 5) is 12.4. The van der Waals surface area contributed by atoms with Crippen molar-refractivity contribution >= 4 is 11.6 Å². The fourth-order valence-electron chi connectivity index (χ4n) is 2.67. The molecule has 0 saturated carbocycles. The molecule has 6 heteroatoms. The molecule has 6 nitrogen and oxygen atoms in total. The number of phenols is 1. The van der Waals surface area contributed by atoms with Crippen molar-refractivity contribution in [3.8, 4) is 17.0 Å². The Balaban J connectivity index is 1.75. The number of aryl methyl sites for hydroxylation is 2. The fraction of sp³-hybridized carbons (Fsp3) is 0.190. The van der Waals surface area contributed by atoms with Crippen LogP contribution in [-0.4, -0.2) is 26.9 Å². The highest BCUT2D eigenvalue weighted by Gasteiger charge is 2.12. The lowest BCUT2D eigenvalue weighted by atomic mass is 10.0. The topological polar surface area (TPSA) is 90.4 Å². The summed E-state index contributed by atoms with van der Waals surface area (Å²) in [6.45, 7) is 6.05. The number of nitrogens with zero attached hydrogens (tertiary/aromatic N) is 2. The number of phenolic OH excluding ortho intramolecular Hbond substituents is 1. The van der Waals surface area contributed by atoms with Crippen LogP contribution in [0.5, 0.6) is 5.75 Å². The molecule has 0 saturated heterocycles. The first-order chi connectivity index (χ1) is 13.0. The molecule has 1 aromatic heterocycles. The van der Waals surface area contributed by atoms with Crippen LogP contribution in [0.15, 0.2) is 53.6 Å². The van der Waals surface area contributed by atoms with E-state index in [2.05, 4.69) is 27.6 Å². The molecule has 0 unspecified atom stereocenters. The van der Waals surface area contributed by atoms with Gasteiger partial charge in [-0.2, -0.15) is 10.2 Å². The van der Waals surface area contributed by atoms with Crippen molar-refractivity contribution in [1.82, 2.24) is 15.6 Å². The summed E-state index contributed by atoms with van der Waals surface area (Å²) in [7, 11) is 0. The van der Waals surface area contributed by atoms with E-state index in [4.69, 9.17) is 0 Å². The molecular formula is C21H22N4O2. The van der Waals surface area contributed by atoms with Crippen molar-refractivity contribution in [2.75, 3.05) is 0 Å². The smallest absolute Gasteiger partial charge is 0.289 e. The van der Waals surface area contributed by atoms with Crippen LogP contribution in [0.3, 0.4) is 0 Å². The molecule has 27 heavy (non-hydrogen) atoms. The predicted octanol–water partition coefficient (Wildman–Crippen LogP) is 3.94. The number of hydrogen-bond acceptors (Lipinski definition) is 4. The first kappa shape index (κ1) is 18.4. The summed E-state index contributed by atoms with van der Waals surface area (Å²) >= 11 is 0. The quantitative estimate of drug-likeness (QED) is 0.474. The molecule has 1 heterocycles. The summed E-state index contributed by atoms with van der Waals surface area (Å²) in [5.74, 6) is -0.170. The van der Waals surface area contributed by atoms with E-state index in [0.29, 0.717) is 17.8 Å². The third-order valence-electron chi connectivity index (χ3n) is 4.45. The van der Waals surface area contributed by atoms with Gasteiger partial charge in [0.2, 0.25) is 0 Å². The van der Waals surface area contributed by atoms with E-state index in [1.54, 1.807) is 30.3 Å². The number of aromatic nitrogens is 2. The molecule has 0 aliphatic heterocycles. The zero-order valence-electron chi connectivity index (χ0n) is 15.6. The molecule has 1 amide bonds. The van der Waals surface area contributed by atoms with Gasteiger partial charge < -0.3 is 5.11 Å². The van der Waals surface area contributed by atoms with Gasteiger partial charge in [0.05, 0.1) is 11.4 Å². The number of hydrogen-bond donors (Lipinski definition) is 3. The normalized spacial score (nSPS) is 11.4. The lowest BCUT2D eigenvalue weighted by Crippen LogP contribution is -2.20. The van der Waals surface area contributed by atoms with Gasteiger partial charge in [0, 0.05) is 5.56 Å². The van der Waals surface area contributed by atoms with Crippen LogP contribution in [0, 0.1) is 13.8 Å². The zero-order valence-corrected chi connectivity index (χ0v) is 15.6. The minimum Gasteiger partial charge on any atom is -0.508 e. The lowest BCUT2D eigenvalue weighted by molar-refractivity contribution is 0.0950. The van der Waals surface area contributed by atoms with E-state index in [9.17, 15) is 9.90 Å². The van der Waals surface area contributed by atoms with E-state index in [1.807, 2.05) is 32.0 Å². The van der Waals surface area contributed by atoms with Crippen LogP contribution >= 0.6 is 0 Å². The van der Waals surface area contributed by atoms with Gasteiger partial charge in [-0.15, -0.1) is 0 Å². The highest BCUT2D eigenvalue weighted by atomic mass is 16.3. The highest BCUT2D eigenvalue weighted by molar-refractivity contribution is 6.02. The SMILES string of the molecule is CCC(=NNC(=O)c1cc(-c2ccc(C)c(C)c2)n[nH]1)c1ccc(O)cc1. The van der Waals surface area contributed by atoms with Gasteiger partial charge >= 0.3 is 0 Å². The van der Waals surface area contributed by atoms with Gasteiger partial charge in [-0.1, -0.05) is 19.1 Å². The first-order valence-corrected chi connectivity index (χ1v) is 8.77. The summed E-state index contributed by atoms with van der Waals surface area (Å²) in [5.41, 5.74) is 8.52. The van der Waals surface area contributed by atoms with E-state index >= 15 is 0 Å². The van der Waals surface area contributed by atoms with Gasteiger partial charge in [-0.3, -0.25) is 9.89 Å². The second-order valence-corrected chi connectivity index (χ2v) is 6.37. The number of nitrogens with one attached hydrogen (secondary N) is 2. The highest BCUT2D eigenvalue weighted by Crippen LogP contribution is 2.21. The van der Waals surface area contributed by atoms with Crippen molar-refractivity contribution in [3.63, 3.8) is 0 Å². The number of aromatic amines is 1. The molecular weight excluding hydrogens is 340 g/mol. The average Bonchev–Trinajstić information content (AvgIpc) is 3.16. The van der Waals surface area contributed by atoms with Gasteiger partial charge in [0.1, 0.15) is 11.4 Å². The number of benzene rings is 2. The van der Waals surface area contributed by atoms with Crippen molar-refractivity contribution in [2.45, 2.75) is 27.2 Å². The van der Waals surface area contributed by atoms with Crippen LogP contribution in [0.4, 0.5) is 0 Å². The van der Waals surface area contributed by atoms with Gasteiger partial charge in [-0.05, 0) is 73.4 Å². The van der Waals surface area contributed by atoms with Gasteiger partial charge in [0.15, 0.2) is 0 Å². The number of amides is 1. The average molecular weight is 362 g/mol. The Morgan fingerprint density at radius 2 is 1.85 bits per heavy atom. The number of H-pyrrole nitrogens is 1. The maximum atomic E-state index is 12.4. The molecule has 0 fully saturated rings. The van der Waals surface area contributed by atoms with Gasteiger partial charge in [0.25, 0.3) is 5.91 Å². The van der Waals surface area contributed by atoms with E-state index in [0.717, 1.165) is 16.8 Å². The van der Waals surface area contributed by atoms with Crippen LogP contribution in [0.2, 0.25) is 0 Å². The Kier molecular flexibility index (Phi) is 5.35. The molecule has 138 valence electrons. The van der Waals surface area contributed by atoms with E-state index < -0.39 is 0 Å². The molecule has 0 radical (unpaired) electrons. The summed E-state index contributed by atoms with van der Waals surface area (Å²) in [6, 6.07) is 14.5. The Morgan fingerprint density at radius 1 is 1.11 bits per heavy atom. The maximum absolute atomic E-state index is 12.4. The van der Waals surface area contributed by atoms with E-state index in [-0.39, 0.29) is 11.7 Å². The lowest BCUT2D eigenvalue weighted by Gasteiger charge is -2.05. The van der Waals surface area contributed by atoms with E-state index in [1.165, 1.54) is 11.1 Å². The Labute approximate surface area is 158 Å².